The Kier molecular flexibility index (Phi) is 3.97. The van der Waals surface area contributed by atoms with Crippen molar-refractivity contribution >= 4 is 11.9 Å². The smallest absolute Gasteiger partial charge is 0.308 e. The number of carbonyl (C=O) groups excluding carboxylic acids is 2. The number of rotatable bonds is 2. The Morgan fingerprint density at radius 3 is 2.44 bits per heavy atom. The number of para-hydroxylation sites is 1. The van der Waals surface area contributed by atoms with Gasteiger partial charge >= 0.3 is 5.97 Å². The Balaban J connectivity index is 2.20. The van der Waals surface area contributed by atoms with Gasteiger partial charge in [0.15, 0.2) is 0 Å². The van der Waals surface area contributed by atoms with Crippen molar-refractivity contribution in [3.8, 4) is 5.75 Å². The van der Waals surface area contributed by atoms with Crippen LogP contribution >= 0.6 is 0 Å². The number of likely N-dealkylation sites (tertiary alicyclic amines) is 1. The fourth-order valence-electron chi connectivity index (χ4n) is 2.15. The van der Waals surface area contributed by atoms with Crippen LogP contribution in [0.3, 0.4) is 0 Å². The topological polar surface area (TPSA) is 46.6 Å². The lowest BCUT2D eigenvalue weighted by Crippen LogP contribution is -2.35. The lowest BCUT2D eigenvalue weighted by molar-refractivity contribution is -0.131. The molecule has 1 aromatic rings. The van der Waals surface area contributed by atoms with Gasteiger partial charge in [0.05, 0.1) is 5.56 Å². The molecule has 0 atom stereocenters. The van der Waals surface area contributed by atoms with Gasteiger partial charge in [0.25, 0.3) is 5.91 Å². The molecule has 1 heterocycles. The van der Waals surface area contributed by atoms with Crippen LogP contribution in [0.2, 0.25) is 0 Å². The summed E-state index contributed by atoms with van der Waals surface area (Å²) in [6, 6.07) is 6.89. The highest BCUT2D eigenvalue weighted by Crippen LogP contribution is 2.22. The van der Waals surface area contributed by atoms with Crippen molar-refractivity contribution in [3.05, 3.63) is 29.8 Å². The van der Waals surface area contributed by atoms with E-state index in [2.05, 4.69) is 0 Å². The SMILES string of the molecule is CC(=O)Oc1ccccc1C(=O)N1CCCCC1. The molecule has 0 unspecified atom stereocenters. The van der Waals surface area contributed by atoms with Crippen LogP contribution in [-0.2, 0) is 4.79 Å². The van der Waals surface area contributed by atoms with Crippen molar-refractivity contribution in [1.82, 2.24) is 4.90 Å². The molecule has 1 aromatic carbocycles. The number of amides is 1. The van der Waals surface area contributed by atoms with Gasteiger partial charge in [-0.1, -0.05) is 12.1 Å². The third-order valence-electron chi connectivity index (χ3n) is 3.01. The number of esters is 1. The summed E-state index contributed by atoms with van der Waals surface area (Å²) < 4.78 is 5.07. The third-order valence-corrected chi connectivity index (χ3v) is 3.01. The molecule has 1 aliphatic rings. The minimum atomic E-state index is -0.408. The maximum atomic E-state index is 12.3. The summed E-state index contributed by atoms with van der Waals surface area (Å²) in [4.78, 5) is 25.2. The lowest BCUT2D eigenvalue weighted by atomic mass is 10.1. The standard InChI is InChI=1S/C14H17NO3/c1-11(16)18-13-8-4-3-7-12(13)14(17)15-9-5-2-6-10-15/h3-4,7-8H,2,5-6,9-10H2,1H3. The summed E-state index contributed by atoms with van der Waals surface area (Å²) in [5.41, 5.74) is 0.467. The second kappa shape index (κ2) is 5.67. The largest absolute Gasteiger partial charge is 0.426 e. The Morgan fingerprint density at radius 1 is 1.11 bits per heavy atom. The molecule has 0 spiro atoms. The van der Waals surface area contributed by atoms with Crippen LogP contribution in [0, 0.1) is 0 Å². The number of benzene rings is 1. The van der Waals surface area contributed by atoms with Gasteiger partial charge < -0.3 is 9.64 Å². The Labute approximate surface area is 107 Å². The van der Waals surface area contributed by atoms with Crippen molar-refractivity contribution < 1.29 is 14.3 Å². The van der Waals surface area contributed by atoms with Crippen LogP contribution < -0.4 is 4.74 Å². The summed E-state index contributed by atoms with van der Waals surface area (Å²) in [6.45, 7) is 2.91. The van der Waals surface area contributed by atoms with E-state index in [1.165, 1.54) is 13.3 Å². The fraction of sp³-hybridized carbons (Fsp3) is 0.429. The van der Waals surface area contributed by atoms with Gasteiger partial charge in [-0.25, -0.2) is 0 Å². The fourth-order valence-corrected chi connectivity index (χ4v) is 2.15. The highest BCUT2D eigenvalue weighted by molar-refractivity contribution is 5.97. The number of ether oxygens (including phenoxy) is 1. The summed E-state index contributed by atoms with van der Waals surface area (Å²) in [7, 11) is 0. The molecular weight excluding hydrogens is 230 g/mol. The Hall–Kier alpha value is -1.84. The highest BCUT2D eigenvalue weighted by atomic mass is 16.5. The molecule has 0 radical (unpaired) electrons. The van der Waals surface area contributed by atoms with Gasteiger partial charge in [-0.3, -0.25) is 9.59 Å². The predicted octanol–water partition coefficient (Wildman–Crippen LogP) is 2.24. The molecular formula is C14H17NO3. The van der Waals surface area contributed by atoms with Crippen LogP contribution in [0.25, 0.3) is 0 Å². The van der Waals surface area contributed by atoms with Crippen LogP contribution in [0.5, 0.6) is 5.75 Å². The zero-order valence-electron chi connectivity index (χ0n) is 10.5. The first-order chi connectivity index (χ1) is 8.68. The quantitative estimate of drug-likeness (QED) is 0.594. The van der Waals surface area contributed by atoms with Gasteiger partial charge in [-0.2, -0.15) is 0 Å². The number of piperidine rings is 1. The molecule has 0 aliphatic carbocycles. The molecule has 1 amide bonds. The second-order valence-electron chi connectivity index (χ2n) is 4.44. The average molecular weight is 247 g/mol. The number of hydrogen-bond acceptors (Lipinski definition) is 3. The van der Waals surface area contributed by atoms with E-state index in [-0.39, 0.29) is 5.91 Å². The Bertz CT molecular complexity index is 450. The molecule has 2 rings (SSSR count). The van der Waals surface area contributed by atoms with Gasteiger partial charge in [0, 0.05) is 20.0 Å². The van der Waals surface area contributed by atoms with Gasteiger partial charge in [-0.15, -0.1) is 0 Å². The van der Waals surface area contributed by atoms with Gasteiger partial charge in [0.1, 0.15) is 5.75 Å². The maximum absolute atomic E-state index is 12.3. The van der Waals surface area contributed by atoms with Crippen LogP contribution in [0.4, 0.5) is 0 Å². The maximum Gasteiger partial charge on any atom is 0.308 e. The summed E-state index contributed by atoms with van der Waals surface area (Å²) in [5.74, 6) is -0.110. The molecule has 0 bridgehead atoms. The van der Waals surface area contributed by atoms with E-state index >= 15 is 0 Å². The first kappa shape index (κ1) is 12.6. The molecule has 0 saturated carbocycles. The third kappa shape index (κ3) is 2.88. The molecule has 4 heteroatoms. The first-order valence-electron chi connectivity index (χ1n) is 6.25. The van der Waals surface area contributed by atoms with Crippen molar-refractivity contribution in [1.29, 1.82) is 0 Å². The number of hydrogen-bond donors (Lipinski definition) is 0. The molecule has 18 heavy (non-hydrogen) atoms. The molecule has 1 aliphatic heterocycles. The van der Waals surface area contributed by atoms with Crippen LogP contribution in [-0.4, -0.2) is 29.9 Å². The van der Waals surface area contributed by atoms with E-state index < -0.39 is 5.97 Å². The molecule has 0 aromatic heterocycles. The first-order valence-corrected chi connectivity index (χ1v) is 6.25. The zero-order chi connectivity index (χ0) is 13.0. The van der Waals surface area contributed by atoms with E-state index in [4.69, 9.17) is 4.74 Å². The minimum Gasteiger partial charge on any atom is -0.426 e. The van der Waals surface area contributed by atoms with Crippen molar-refractivity contribution in [3.63, 3.8) is 0 Å². The number of nitrogens with zero attached hydrogens (tertiary/aromatic N) is 1. The summed E-state index contributed by atoms with van der Waals surface area (Å²) in [5, 5.41) is 0. The van der Waals surface area contributed by atoms with Crippen molar-refractivity contribution in [2.24, 2.45) is 0 Å². The average Bonchev–Trinajstić information content (AvgIpc) is 2.39. The van der Waals surface area contributed by atoms with Crippen LogP contribution in [0.1, 0.15) is 36.5 Å². The van der Waals surface area contributed by atoms with Crippen molar-refractivity contribution in [2.75, 3.05) is 13.1 Å². The molecule has 4 nitrogen and oxygen atoms in total. The van der Waals surface area contributed by atoms with Crippen LogP contribution in [0.15, 0.2) is 24.3 Å². The van der Waals surface area contributed by atoms with E-state index in [1.54, 1.807) is 24.3 Å². The molecule has 0 N–H and O–H groups in total. The monoisotopic (exact) mass is 247 g/mol. The summed E-state index contributed by atoms with van der Waals surface area (Å²) in [6.07, 6.45) is 3.26. The number of carbonyl (C=O) groups is 2. The van der Waals surface area contributed by atoms with Gasteiger partial charge in [0.2, 0.25) is 0 Å². The van der Waals surface area contributed by atoms with E-state index in [1.807, 2.05) is 4.90 Å². The predicted molar refractivity (Wildman–Crippen MR) is 67.5 cm³/mol. The highest BCUT2D eigenvalue weighted by Gasteiger charge is 2.21. The summed E-state index contributed by atoms with van der Waals surface area (Å²) >= 11 is 0. The molecule has 96 valence electrons. The molecule has 1 fully saturated rings. The van der Waals surface area contributed by atoms with Gasteiger partial charge in [-0.05, 0) is 31.4 Å². The van der Waals surface area contributed by atoms with Crippen molar-refractivity contribution in [2.45, 2.75) is 26.2 Å². The normalized spacial score (nSPS) is 15.3. The van der Waals surface area contributed by atoms with E-state index in [0.29, 0.717) is 11.3 Å². The molecule has 1 saturated heterocycles. The minimum absolute atomic E-state index is 0.0495. The Morgan fingerprint density at radius 2 is 1.78 bits per heavy atom. The van der Waals surface area contributed by atoms with E-state index in [9.17, 15) is 9.59 Å². The zero-order valence-corrected chi connectivity index (χ0v) is 10.5. The van der Waals surface area contributed by atoms with E-state index in [0.717, 1.165) is 25.9 Å². The second-order valence-corrected chi connectivity index (χ2v) is 4.44. The lowest BCUT2D eigenvalue weighted by Gasteiger charge is -2.27.